The first-order valence-corrected chi connectivity index (χ1v) is 17.3. The lowest BCUT2D eigenvalue weighted by Crippen LogP contribution is -2.62. The molecule has 3 aliphatic carbocycles. The number of ketones is 1. The predicted molar refractivity (Wildman–Crippen MR) is 165 cm³/mol. The molecule has 3 saturated carbocycles. The first kappa shape index (κ1) is 32.9. The van der Waals surface area contributed by atoms with E-state index in [9.17, 15) is 32.4 Å². The van der Waals surface area contributed by atoms with Gasteiger partial charge in [-0.3, -0.25) is 19.2 Å². The van der Waals surface area contributed by atoms with Crippen LogP contribution in [0, 0.1) is 28.6 Å². The molecule has 0 aromatic heterocycles. The summed E-state index contributed by atoms with van der Waals surface area (Å²) in [6.07, 6.45) is 3.11. The maximum absolute atomic E-state index is 14.2. The van der Waals surface area contributed by atoms with Gasteiger partial charge < -0.3 is 26.6 Å². The van der Waals surface area contributed by atoms with Crippen LogP contribution < -0.4 is 21.7 Å². The number of primary amides is 1. The number of piperidine rings is 1. The first-order chi connectivity index (χ1) is 20.9. The molecule has 4 fully saturated rings. The summed E-state index contributed by atoms with van der Waals surface area (Å²) in [4.78, 5) is 67.3. The van der Waals surface area contributed by atoms with Gasteiger partial charge in [0.15, 0.2) is 9.84 Å². The van der Waals surface area contributed by atoms with E-state index < -0.39 is 68.5 Å². The van der Waals surface area contributed by atoms with Gasteiger partial charge in [0.05, 0.1) is 22.2 Å². The summed E-state index contributed by atoms with van der Waals surface area (Å²) in [6.45, 7) is 9.78. The van der Waals surface area contributed by atoms with Crippen molar-refractivity contribution >= 4 is 39.4 Å². The molecule has 0 bridgehead atoms. The third kappa shape index (κ3) is 6.87. The minimum atomic E-state index is -3.66. The number of hydrogen-bond donors (Lipinski definition) is 4. The van der Waals surface area contributed by atoms with E-state index in [0.717, 1.165) is 12.8 Å². The summed E-state index contributed by atoms with van der Waals surface area (Å²) in [5.41, 5.74) is 3.37. The summed E-state index contributed by atoms with van der Waals surface area (Å²) in [5.74, 6) is -3.05. The van der Waals surface area contributed by atoms with Crippen molar-refractivity contribution in [2.45, 2.75) is 95.3 Å². The van der Waals surface area contributed by atoms with Crippen molar-refractivity contribution in [2.75, 3.05) is 12.3 Å². The van der Waals surface area contributed by atoms with Crippen molar-refractivity contribution < 1.29 is 32.4 Å². The Morgan fingerprint density at radius 2 is 1.64 bits per heavy atom. The van der Waals surface area contributed by atoms with E-state index in [1.54, 1.807) is 39.0 Å². The molecule has 0 radical (unpaired) electrons. The minimum Gasteiger partial charge on any atom is -0.363 e. The monoisotopic (exact) mass is 643 g/mol. The number of nitrogens with two attached hydrogens (primary N) is 1. The molecule has 12 nitrogen and oxygen atoms in total. The number of amides is 5. The Kier molecular flexibility index (Phi) is 8.33. The highest BCUT2D eigenvalue weighted by Crippen LogP contribution is 2.65. The zero-order valence-electron chi connectivity index (χ0n) is 26.6. The summed E-state index contributed by atoms with van der Waals surface area (Å²) < 4.78 is 26.0. The number of carbonyl (C=O) groups excluding carboxylic acids is 5. The molecule has 2 unspecified atom stereocenters. The van der Waals surface area contributed by atoms with E-state index in [1.807, 2.05) is 13.8 Å². The van der Waals surface area contributed by atoms with Crippen molar-refractivity contribution in [3.63, 3.8) is 0 Å². The van der Waals surface area contributed by atoms with Crippen LogP contribution in [0.2, 0.25) is 0 Å². The highest BCUT2D eigenvalue weighted by molar-refractivity contribution is 7.91. The second-order valence-corrected chi connectivity index (χ2v) is 17.1. The second-order valence-electron chi connectivity index (χ2n) is 15.1. The average Bonchev–Trinajstić information content (AvgIpc) is 3.91. The Bertz CT molecular complexity index is 1490. The zero-order valence-corrected chi connectivity index (χ0v) is 27.4. The molecule has 1 aromatic rings. The molecule has 13 heteroatoms. The Morgan fingerprint density at radius 3 is 2.18 bits per heavy atom. The molecule has 45 heavy (non-hydrogen) atoms. The molecule has 246 valence electrons. The maximum atomic E-state index is 14.2. The van der Waals surface area contributed by atoms with Crippen LogP contribution in [-0.2, 0) is 29.0 Å². The fourth-order valence-electron chi connectivity index (χ4n) is 6.91. The van der Waals surface area contributed by atoms with Crippen LogP contribution in [0.3, 0.4) is 0 Å². The lowest BCUT2D eigenvalue weighted by molar-refractivity contribution is -0.145. The number of rotatable bonds is 12. The molecule has 0 spiro atoms. The van der Waals surface area contributed by atoms with Gasteiger partial charge in [-0.15, -0.1) is 0 Å². The summed E-state index contributed by atoms with van der Waals surface area (Å²) in [6, 6.07) is 4.42. The van der Waals surface area contributed by atoms with Crippen molar-refractivity contribution in [3.05, 3.63) is 30.3 Å². The van der Waals surface area contributed by atoms with Crippen molar-refractivity contribution in [3.8, 4) is 0 Å². The van der Waals surface area contributed by atoms with Gasteiger partial charge in [0.2, 0.25) is 17.6 Å². The highest BCUT2D eigenvalue weighted by Gasteiger charge is 2.70. The molecule has 4 aliphatic rings. The van der Waals surface area contributed by atoms with Crippen molar-refractivity contribution in [1.29, 1.82) is 0 Å². The number of nitrogens with zero attached hydrogens (tertiary/aromatic N) is 1. The number of carbonyl (C=O) groups is 5. The van der Waals surface area contributed by atoms with E-state index in [1.165, 1.54) is 17.0 Å². The first-order valence-electron chi connectivity index (χ1n) is 15.7. The van der Waals surface area contributed by atoms with Crippen molar-refractivity contribution in [2.24, 2.45) is 34.3 Å². The number of nitrogens with one attached hydrogen (secondary N) is 3. The standard InChI is InChI=1S/C32H45N5O7S/c1-30(2,3)25(35-29(42)36-32(13-14-32)17-45(43,44)19-9-7-6-8-10-19)28(41)37-16-20-22(31(20,4)5)23(37)27(40)34-21(15-18-11-12-18)24(38)26(33)39/h6-10,18,20-23,25H,11-17H2,1-5H3,(H2,33,39)(H,34,40)(H2,35,36,42)/t20?,21?,22-,23-,25+/m0/s1. The number of Topliss-reactive ketones (excluding diaryl/α,β-unsaturated/α-hetero) is 1. The average molecular weight is 644 g/mol. The van der Waals surface area contributed by atoms with Gasteiger partial charge in [-0.2, -0.15) is 0 Å². The van der Waals surface area contributed by atoms with Gasteiger partial charge in [0, 0.05) is 6.54 Å². The highest BCUT2D eigenvalue weighted by atomic mass is 32.2. The van der Waals surface area contributed by atoms with Crippen LogP contribution in [0.25, 0.3) is 0 Å². The smallest absolute Gasteiger partial charge is 0.315 e. The van der Waals surface area contributed by atoms with Gasteiger partial charge >= 0.3 is 6.03 Å². The van der Waals surface area contributed by atoms with E-state index in [4.69, 9.17) is 5.73 Å². The van der Waals surface area contributed by atoms with Crippen LogP contribution in [0.15, 0.2) is 35.2 Å². The summed E-state index contributed by atoms with van der Waals surface area (Å²) in [5, 5.41) is 8.35. The Labute approximate surface area is 264 Å². The number of benzene rings is 1. The fraction of sp³-hybridized carbons (Fsp3) is 0.656. The molecule has 1 heterocycles. The van der Waals surface area contributed by atoms with E-state index in [-0.39, 0.29) is 33.8 Å². The number of fused-ring (bicyclic) bond motifs is 1. The normalized spacial score (nSPS) is 25.7. The topological polar surface area (TPSA) is 185 Å². The van der Waals surface area contributed by atoms with Crippen LogP contribution in [0.5, 0.6) is 0 Å². The Balaban J connectivity index is 1.30. The molecule has 1 aromatic carbocycles. The van der Waals surface area contributed by atoms with E-state index >= 15 is 0 Å². The minimum absolute atomic E-state index is 0.0540. The second kappa shape index (κ2) is 11.4. The molecular weight excluding hydrogens is 598 g/mol. The van der Waals surface area contributed by atoms with Crippen LogP contribution in [-0.4, -0.2) is 78.8 Å². The Morgan fingerprint density at radius 1 is 1.02 bits per heavy atom. The largest absolute Gasteiger partial charge is 0.363 e. The molecule has 5 rings (SSSR count). The number of sulfone groups is 1. The fourth-order valence-corrected chi connectivity index (χ4v) is 8.74. The zero-order chi connectivity index (χ0) is 33.1. The lowest BCUT2D eigenvalue weighted by atomic mass is 9.85. The molecule has 5 amide bonds. The summed E-state index contributed by atoms with van der Waals surface area (Å²) >= 11 is 0. The molecule has 1 aliphatic heterocycles. The van der Waals surface area contributed by atoms with Gasteiger partial charge in [-0.25, -0.2) is 13.2 Å². The number of hydrogen-bond acceptors (Lipinski definition) is 7. The van der Waals surface area contributed by atoms with Crippen LogP contribution in [0.4, 0.5) is 4.79 Å². The van der Waals surface area contributed by atoms with Crippen molar-refractivity contribution in [1.82, 2.24) is 20.9 Å². The van der Waals surface area contributed by atoms with E-state index in [2.05, 4.69) is 16.0 Å². The van der Waals surface area contributed by atoms with Gasteiger partial charge in [0.25, 0.3) is 5.91 Å². The molecule has 5 N–H and O–H groups in total. The molecule has 5 atom stereocenters. The number of urea groups is 1. The third-order valence-electron chi connectivity index (χ3n) is 10.1. The van der Waals surface area contributed by atoms with E-state index in [0.29, 0.717) is 25.8 Å². The lowest BCUT2D eigenvalue weighted by Gasteiger charge is -2.38. The number of likely N-dealkylation sites (tertiary alicyclic amines) is 1. The molecule has 1 saturated heterocycles. The van der Waals surface area contributed by atoms with Crippen LogP contribution >= 0.6 is 0 Å². The van der Waals surface area contributed by atoms with Gasteiger partial charge in [-0.1, -0.05) is 65.7 Å². The van der Waals surface area contributed by atoms with Crippen LogP contribution in [0.1, 0.15) is 66.7 Å². The third-order valence-corrected chi connectivity index (χ3v) is 12.0. The quantitative estimate of drug-likeness (QED) is 0.249. The SMILES string of the molecule is CC(C)(C)[C@H](NC(=O)NC1(CS(=O)(=O)c2ccccc2)CC1)C(=O)N1CC2[C@@H]([C@H]1C(=O)NC(CC1CC1)C(=O)C(N)=O)C2(C)C. The maximum Gasteiger partial charge on any atom is 0.315 e. The van der Waals surface area contributed by atoms with Gasteiger partial charge in [0.1, 0.15) is 12.1 Å². The van der Waals surface area contributed by atoms with Gasteiger partial charge in [-0.05, 0) is 60.0 Å². The predicted octanol–water partition coefficient (Wildman–Crippen LogP) is 1.53. The Hall–Kier alpha value is -3.48. The molecular formula is C32H45N5O7S. The summed E-state index contributed by atoms with van der Waals surface area (Å²) in [7, 11) is -3.66.